The van der Waals surface area contributed by atoms with Crippen molar-refractivity contribution in [3.63, 3.8) is 0 Å². The third-order valence-corrected chi connectivity index (χ3v) is 2.37. The van der Waals surface area contributed by atoms with Gasteiger partial charge in [-0.05, 0) is 26.7 Å². The predicted molar refractivity (Wildman–Crippen MR) is 46.2 cm³/mol. The number of hydrogen-bond acceptors (Lipinski definition) is 2. The molecule has 2 nitrogen and oxygen atoms in total. The summed E-state index contributed by atoms with van der Waals surface area (Å²) in [6, 6.07) is 0.688. The standard InChI is InChI=1S/C9H18NO/c1-8(2)10-6-4-9(11-3)5-7-10/h8H,4-7H2,1-3H3. The highest BCUT2D eigenvalue weighted by molar-refractivity contribution is 4.86. The fourth-order valence-corrected chi connectivity index (χ4v) is 1.49. The van der Waals surface area contributed by atoms with E-state index >= 15 is 0 Å². The SMILES string of the molecule is CO[C]1CCN(C(C)C)CC1. The number of rotatable bonds is 2. The lowest BCUT2D eigenvalue weighted by Crippen LogP contribution is -2.38. The lowest BCUT2D eigenvalue weighted by Gasteiger charge is -2.33. The fourth-order valence-electron chi connectivity index (χ4n) is 1.49. The minimum Gasteiger partial charge on any atom is -0.375 e. The van der Waals surface area contributed by atoms with Crippen LogP contribution in [0.5, 0.6) is 0 Å². The van der Waals surface area contributed by atoms with Gasteiger partial charge in [0.2, 0.25) is 0 Å². The Hall–Kier alpha value is -0.0800. The fraction of sp³-hybridized carbons (Fsp3) is 0.889. The topological polar surface area (TPSA) is 12.5 Å². The maximum Gasteiger partial charge on any atom is 0.0992 e. The number of nitrogens with zero attached hydrogens (tertiary/aromatic N) is 1. The first kappa shape index (κ1) is 9.01. The van der Waals surface area contributed by atoms with E-state index in [1.165, 1.54) is 19.2 Å². The van der Waals surface area contributed by atoms with Crippen LogP contribution in [0.15, 0.2) is 0 Å². The highest BCUT2D eigenvalue weighted by atomic mass is 16.5. The summed E-state index contributed by atoms with van der Waals surface area (Å²) in [6.45, 7) is 6.83. The molecule has 0 aromatic rings. The van der Waals surface area contributed by atoms with E-state index in [4.69, 9.17) is 4.74 Å². The second-order valence-corrected chi connectivity index (χ2v) is 3.37. The molecule has 0 saturated carbocycles. The third kappa shape index (κ3) is 2.46. The van der Waals surface area contributed by atoms with Crippen molar-refractivity contribution in [2.75, 3.05) is 20.2 Å². The summed E-state index contributed by atoms with van der Waals surface area (Å²) in [6.07, 6.45) is 3.51. The van der Waals surface area contributed by atoms with Crippen LogP contribution in [0.2, 0.25) is 0 Å². The zero-order chi connectivity index (χ0) is 8.27. The lowest BCUT2D eigenvalue weighted by atomic mass is 10.1. The van der Waals surface area contributed by atoms with Gasteiger partial charge in [0.05, 0.1) is 6.10 Å². The largest absolute Gasteiger partial charge is 0.375 e. The minimum atomic E-state index is 0.688. The Labute approximate surface area is 69.5 Å². The lowest BCUT2D eigenvalue weighted by molar-refractivity contribution is 0.105. The van der Waals surface area contributed by atoms with E-state index in [0.29, 0.717) is 6.04 Å². The van der Waals surface area contributed by atoms with E-state index in [-0.39, 0.29) is 0 Å². The van der Waals surface area contributed by atoms with Gasteiger partial charge in [0.15, 0.2) is 0 Å². The molecule has 0 atom stereocenters. The number of likely N-dealkylation sites (tertiary alicyclic amines) is 1. The molecule has 11 heavy (non-hydrogen) atoms. The van der Waals surface area contributed by atoms with Crippen LogP contribution in [0.3, 0.4) is 0 Å². The third-order valence-electron chi connectivity index (χ3n) is 2.37. The average Bonchev–Trinajstić information content (AvgIpc) is 2.05. The Morgan fingerprint density at radius 2 is 1.82 bits per heavy atom. The van der Waals surface area contributed by atoms with Crippen molar-refractivity contribution in [1.82, 2.24) is 4.90 Å². The Morgan fingerprint density at radius 3 is 2.18 bits per heavy atom. The Kier molecular flexibility index (Phi) is 3.34. The van der Waals surface area contributed by atoms with Crippen molar-refractivity contribution in [2.45, 2.75) is 32.7 Å². The molecule has 0 aliphatic carbocycles. The molecule has 0 bridgehead atoms. The van der Waals surface area contributed by atoms with Gasteiger partial charge in [-0.2, -0.15) is 0 Å². The average molecular weight is 156 g/mol. The highest BCUT2D eigenvalue weighted by Gasteiger charge is 2.20. The van der Waals surface area contributed by atoms with Gasteiger partial charge in [-0.3, -0.25) is 0 Å². The maximum atomic E-state index is 5.21. The van der Waals surface area contributed by atoms with E-state index < -0.39 is 0 Å². The van der Waals surface area contributed by atoms with Gasteiger partial charge in [-0.1, -0.05) is 0 Å². The molecule has 1 radical (unpaired) electrons. The van der Waals surface area contributed by atoms with Gasteiger partial charge < -0.3 is 9.64 Å². The molecule has 1 rings (SSSR count). The van der Waals surface area contributed by atoms with Crippen molar-refractivity contribution in [1.29, 1.82) is 0 Å². The van der Waals surface area contributed by atoms with Gasteiger partial charge in [0.1, 0.15) is 0 Å². The van der Waals surface area contributed by atoms with Crippen LogP contribution in [0, 0.1) is 6.10 Å². The molecule has 1 aliphatic heterocycles. The Morgan fingerprint density at radius 1 is 1.27 bits per heavy atom. The Bertz CT molecular complexity index is 106. The van der Waals surface area contributed by atoms with Crippen LogP contribution in [-0.2, 0) is 4.74 Å². The quantitative estimate of drug-likeness (QED) is 0.603. The predicted octanol–water partition coefficient (Wildman–Crippen LogP) is 1.67. The second-order valence-electron chi connectivity index (χ2n) is 3.37. The highest BCUT2D eigenvalue weighted by Crippen LogP contribution is 2.20. The summed E-state index contributed by atoms with van der Waals surface area (Å²) in [5.74, 6) is 0. The van der Waals surface area contributed by atoms with Crippen LogP contribution in [0.1, 0.15) is 26.7 Å². The number of methoxy groups -OCH3 is 1. The van der Waals surface area contributed by atoms with Crippen LogP contribution in [0.25, 0.3) is 0 Å². The zero-order valence-electron chi connectivity index (χ0n) is 7.76. The van der Waals surface area contributed by atoms with Gasteiger partial charge in [0, 0.05) is 26.2 Å². The molecule has 2 heteroatoms. The first-order chi connectivity index (χ1) is 5.24. The summed E-state index contributed by atoms with van der Waals surface area (Å²) >= 11 is 0. The molecule has 1 aliphatic rings. The van der Waals surface area contributed by atoms with Crippen molar-refractivity contribution >= 4 is 0 Å². The van der Waals surface area contributed by atoms with Gasteiger partial charge >= 0.3 is 0 Å². The van der Waals surface area contributed by atoms with E-state index in [2.05, 4.69) is 18.7 Å². The monoisotopic (exact) mass is 156 g/mol. The normalized spacial score (nSPS) is 22.9. The van der Waals surface area contributed by atoms with E-state index in [1.807, 2.05) is 0 Å². The number of piperidine rings is 1. The molecule has 0 aromatic heterocycles. The molecular formula is C9H18NO. The summed E-state index contributed by atoms with van der Waals surface area (Å²) in [7, 11) is 1.78. The molecule has 65 valence electrons. The Balaban J connectivity index is 2.24. The van der Waals surface area contributed by atoms with Gasteiger partial charge in [-0.15, -0.1) is 0 Å². The summed E-state index contributed by atoms with van der Waals surface area (Å²) in [4.78, 5) is 2.49. The van der Waals surface area contributed by atoms with E-state index in [0.717, 1.165) is 12.8 Å². The molecule has 0 amide bonds. The minimum absolute atomic E-state index is 0.688. The van der Waals surface area contributed by atoms with Crippen LogP contribution < -0.4 is 0 Å². The first-order valence-electron chi connectivity index (χ1n) is 4.36. The second kappa shape index (κ2) is 4.07. The molecule has 0 aromatic carbocycles. The van der Waals surface area contributed by atoms with Crippen molar-refractivity contribution in [2.24, 2.45) is 0 Å². The van der Waals surface area contributed by atoms with Crippen LogP contribution in [-0.4, -0.2) is 31.1 Å². The molecule has 0 N–H and O–H groups in total. The maximum absolute atomic E-state index is 5.21. The molecule has 1 heterocycles. The smallest absolute Gasteiger partial charge is 0.0992 e. The van der Waals surface area contributed by atoms with E-state index in [1.54, 1.807) is 7.11 Å². The van der Waals surface area contributed by atoms with Crippen LogP contribution >= 0.6 is 0 Å². The van der Waals surface area contributed by atoms with Crippen LogP contribution in [0.4, 0.5) is 0 Å². The summed E-state index contributed by atoms with van der Waals surface area (Å²) in [5.41, 5.74) is 0. The van der Waals surface area contributed by atoms with Gasteiger partial charge in [0.25, 0.3) is 0 Å². The first-order valence-corrected chi connectivity index (χ1v) is 4.36. The number of ether oxygens (including phenoxy) is 1. The molecule has 1 saturated heterocycles. The molecule has 1 fully saturated rings. The molecular weight excluding hydrogens is 138 g/mol. The van der Waals surface area contributed by atoms with Crippen molar-refractivity contribution in [3.8, 4) is 0 Å². The van der Waals surface area contributed by atoms with E-state index in [9.17, 15) is 0 Å². The number of hydrogen-bond donors (Lipinski definition) is 0. The summed E-state index contributed by atoms with van der Waals surface area (Å²) in [5, 5.41) is 0. The van der Waals surface area contributed by atoms with Gasteiger partial charge in [-0.25, -0.2) is 0 Å². The summed E-state index contributed by atoms with van der Waals surface area (Å²) < 4.78 is 5.21. The molecule has 0 unspecified atom stereocenters. The van der Waals surface area contributed by atoms with Crippen molar-refractivity contribution < 1.29 is 4.74 Å². The molecule has 0 spiro atoms. The van der Waals surface area contributed by atoms with Crippen molar-refractivity contribution in [3.05, 3.63) is 6.10 Å². The zero-order valence-corrected chi connectivity index (χ0v) is 7.76.